The van der Waals surface area contributed by atoms with Crippen molar-refractivity contribution in [3.05, 3.63) is 89.4 Å². The number of rotatable bonds is 5. The molecule has 2 heterocycles. The molecule has 1 saturated heterocycles. The van der Waals surface area contributed by atoms with Crippen LogP contribution < -0.4 is 15.5 Å². The highest BCUT2D eigenvalue weighted by Crippen LogP contribution is 2.24. The van der Waals surface area contributed by atoms with Crippen LogP contribution in [0.4, 0.5) is 35.2 Å². The number of halogens is 3. The molecule has 0 saturated carbocycles. The van der Waals surface area contributed by atoms with Crippen LogP contribution in [0.5, 0.6) is 0 Å². The van der Waals surface area contributed by atoms with E-state index in [2.05, 4.69) is 20.6 Å². The van der Waals surface area contributed by atoms with Crippen molar-refractivity contribution >= 4 is 40.0 Å². The molecule has 4 aromatic rings. The Morgan fingerprint density at radius 1 is 0.865 bits per heavy atom. The molecule has 5 rings (SSSR count). The number of anilines is 3. The van der Waals surface area contributed by atoms with Crippen LogP contribution in [0, 0.1) is 17.5 Å². The normalized spacial score (nSPS) is 13.4. The Balaban J connectivity index is 1.39. The van der Waals surface area contributed by atoms with E-state index in [0.717, 1.165) is 24.3 Å². The molecule has 0 aliphatic carbocycles. The van der Waals surface area contributed by atoms with Crippen molar-refractivity contribution in [1.29, 1.82) is 0 Å². The first kappa shape index (κ1) is 24.2. The molecule has 1 aliphatic heterocycles. The number of ether oxygens (including phenoxy) is 1. The molecule has 1 aliphatic rings. The van der Waals surface area contributed by atoms with Crippen molar-refractivity contribution in [3.8, 4) is 0 Å². The fourth-order valence-corrected chi connectivity index (χ4v) is 3.90. The summed E-state index contributed by atoms with van der Waals surface area (Å²) in [5, 5.41) is 4.79. The van der Waals surface area contributed by atoms with Gasteiger partial charge < -0.3 is 20.3 Å². The van der Waals surface area contributed by atoms with Gasteiger partial charge in [-0.2, -0.15) is 0 Å². The zero-order valence-corrected chi connectivity index (χ0v) is 19.3. The molecular formula is C26H20F3N5O3. The Morgan fingerprint density at radius 2 is 1.59 bits per heavy atom. The van der Waals surface area contributed by atoms with E-state index in [1.807, 2.05) is 4.90 Å². The third-order valence-electron chi connectivity index (χ3n) is 5.76. The van der Waals surface area contributed by atoms with Crippen molar-refractivity contribution < 1.29 is 27.5 Å². The molecule has 11 heteroatoms. The van der Waals surface area contributed by atoms with Crippen LogP contribution in [-0.4, -0.2) is 48.1 Å². The molecule has 3 aromatic carbocycles. The van der Waals surface area contributed by atoms with E-state index in [1.165, 1.54) is 24.3 Å². The Hall–Kier alpha value is -4.51. The van der Waals surface area contributed by atoms with Gasteiger partial charge in [0.05, 0.1) is 36.0 Å². The van der Waals surface area contributed by atoms with Crippen molar-refractivity contribution in [2.75, 3.05) is 41.8 Å². The van der Waals surface area contributed by atoms with Gasteiger partial charge in [-0.25, -0.2) is 22.9 Å². The molecule has 8 nitrogen and oxygen atoms in total. The van der Waals surface area contributed by atoms with Crippen LogP contribution in [0.1, 0.15) is 15.9 Å². The molecule has 2 N–H and O–H groups in total. The van der Waals surface area contributed by atoms with E-state index in [9.17, 15) is 22.8 Å². The number of amides is 2. The van der Waals surface area contributed by atoms with Gasteiger partial charge in [0.1, 0.15) is 11.6 Å². The van der Waals surface area contributed by atoms with Crippen LogP contribution >= 0.6 is 0 Å². The molecular weight excluding hydrogens is 487 g/mol. The Morgan fingerprint density at radius 3 is 2.35 bits per heavy atom. The molecule has 1 aromatic heterocycles. The maximum Gasteiger partial charge on any atom is 0.323 e. The summed E-state index contributed by atoms with van der Waals surface area (Å²) in [5.41, 5.74) is 0.612. The number of ketones is 1. The van der Waals surface area contributed by atoms with E-state index >= 15 is 0 Å². The molecule has 2 amide bonds. The number of fused-ring (bicyclic) bond motifs is 1. The van der Waals surface area contributed by atoms with E-state index in [4.69, 9.17) is 4.74 Å². The second-order valence-electron chi connectivity index (χ2n) is 8.27. The number of carbonyl (C=O) groups excluding carboxylic acids is 2. The Kier molecular flexibility index (Phi) is 6.69. The minimum absolute atomic E-state index is 0.0761. The third kappa shape index (κ3) is 5.36. The summed E-state index contributed by atoms with van der Waals surface area (Å²) in [6.07, 6.45) is 1.64. The number of benzene rings is 3. The van der Waals surface area contributed by atoms with Crippen molar-refractivity contribution in [3.63, 3.8) is 0 Å². The van der Waals surface area contributed by atoms with Gasteiger partial charge in [0.2, 0.25) is 0 Å². The summed E-state index contributed by atoms with van der Waals surface area (Å²) in [6.45, 7) is 2.43. The smallest absolute Gasteiger partial charge is 0.323 e. The molecule has 0 spiro atoms. The minimum Gasteiger partial charge on any atom is -0.378 e. The minimum atomic E-state index is -1.34. The van der Waals surface area contributed by atoms with Crippen LogP contribution in [-0.2, 0) is 4.74 Å². The molecule has 0 radical (unpaired) electrons. The van der Waals surface area contributed by atoms with Crippen LogP contribution in [0.15, 0.2) is 60.8 Å². The van der Waals surface area contributed by atoms with E-state index < -0.39 is 34.8 Å². The molecule has 37 heavy (non-hydrogen) atoms. The highest BCUT2D eigenvalue weighted by atomic mass is 19.2. The van der Waals surface area contributed by atoms with Gasteiger partial charge >= 0.3 is 6.03 Å². The van der Waals surface area contributed by atoms with Crippen molar-refractivity contribution in [2.45, 2.75) is 0 Å². The zero-order valence-electron chi connectivity index (χ0n) is 19.3. The standard InChI is InChI=1S/C26H20F3N5O3/c27-16-2-4-17(5-3-16)31-26(36)32-18-12-19(24(29)20(28)13-18)25(35)15-1-6-21-22(11-15)33-23(14-30-21)34-7-9-37-10-8-34/h1-6,11-14H,7-10H2,(H2,31,32,36). The highest BCUT2D eigenvalue weighted by molar-refractivity contribution is 6.11. The van der Waals surface area contributed by atoms with Gasteiger partial charge in [-0.15, -0.1) is 0 Å². The Labute approximate surface area is 209 Å². The second kappa shape index (κ2) is 10.2. The van der Waals surface area contributed by atoms with Gasteiger partial charge in [-0.05, 0) is 48.5 Å². The van der Waals surface area contributed by atoms with Gasteiger partial charge in [0.25, 0.3) is 0 Å². The number of carbonyl (C=O) groups is 2. The lowest BCUT2D eigenvalue weighted by atomic mass is 10.0. The van der Waals surface area contributed by atoms with Crippen molar-refractivity contribution in [1.82, 2.24) is 9.97 Å². The molecule has 0 atom stereocenters. The lowest BCUT2D eigenvalue weighted by Gasteiger charge is -2.27. The van der Waals surface area contributed by atoms with Gasteiger partial charge in [-0.3, -0.25) is 9.78 Å². The number of hydrogen-bond acceptors (Lipinski definition) is 6. The topological polar surface area (TPSA) is 96.5 Å². The fourth-order valence-electron chi connectivity index (χ4n) is 3.90. The summed E-state index contributed by atoms with van der Waals surface area (Å²) < 4.78 is 47.4. The highest BCUT2D eigenvalue weighted by Gasteiger charge is 2.21. The predicted molar refractivity (Wildman–Crippen MR) is 131 cm³/mol. The summed E-state index contributed by atoms with van der Waals surface area (Å²) in [7, 11) is 0. The number of nitrogens with zero attached hydrogens (tertiary/aromatic N) is 3. The van der Waals surface area contributed by atoms with E-state index in [0.29, 0.717) is 43.2 Å². The summed E-state index contributed by atoms with van der Waals surface area (Å²) in [4.78, 5) is 36.4. The van der Waals surface area contributed by atoms with Gasteiger partial charge in [-0.1, -0.05) is 0 Å². The average molecular weight is 507 g/mol. The van der Waals surface area contributed by atoms with E-state index in [-0.39, 0.29) is 16.9 Å². The van der Waals surface area contributed by atoms with Crippen molar-refractivity contribution in [2.24, 2.45) is 0 Å². The second-order valence-corrected chi connectivity index (χ2v) is 8.27. The fraction of sp³-hybridized carbons (Fsp3) is 0.154. The quantitative estimate of drug-likeness (QED) is 0.378. The lowest BCUT2D eigenvalue weighted by molar-refractivity contribution is 0.103. The molecule has 1 fully saturated rings. The summed E-state index contributed by atoms with van der Waals surface area (Å²) in [5.74, 6) is -3.30. The number of hydrogen-bond donors (Lipinski definition) is 2. The average Bonchev–Trinajstić information content (AvgIpc) is 2.91. The van der Waals surface area contributed by atoms with Gasteiger partial charge in [0, 0.05) is 36.1 Å². The number of aromatic nitrogens is 2. The van der Waals surface area contributed by atoms with E-state index in [1.54, 1.807) is 12.3 Å². The first-order chi connectivity index (χ1) is 17.9. The Bertz CT molecular complexity index is 1490. The predicted octanol–water partition coefficient (Wildman–Crippen LogP) is 4.76. The van der Waals surface area contributed by atoms with Crippen LogP contribution in [0.2, 0.25) is 0 Å². The zero-order chi connectivity index (χ0) is 25.9. The molecule has 188 valence electrons. The molecule has 0 bridgehead atoms. The van der Waals surface area contributed by atoms with Crippen LogP contribution in [0.25, 0.3) is 11.0 Å². The SMILES string of the molecule is O=C(Nc1ccc(F)cc1)Nc1cc(F)c(F)c(C(=O)c2ccc3ncc(N4CCOCC4)nc3c2)c1. The third-order valence-corrected chi connectivity index (χ3v) is 5.76. The lowest BCUT2D eigenvalue weighted by Crippen LogP contribution is -2.36. The number of nitrogens with one attached hydrogen (secondary N) is 2. The molecule has 0 unspecified atom stereocenters. The first-order valence-corrected chi connectivity index (χ1v) is 11.3. The first-order valence-electron chi connectivity index (χ1n) is 11.3. The van der Waals surface area contributed by atoms with Crippen LogP contribution in [0.3, 0.4) is 0 Å². The monoisotopic (exact) mass is 507 g/mol. The maximum atomic E-state index is 14.7. The largest absolute Gasteiger partial charge is 0.378 e. The maximum absolute atomic E-state index is 14.7. The van der Waals surface area contributed by atoms with Gasteiger partial charge in [0.15, 0.2) is 17.4 Å². The summed E-state index contributed by atoms with van der Waals surface area (Å²) in [6, 6.07) is 10.5. The summed E-state index contributed by atoms with van der Waals surface area (Å²) >= 11 is 0. The number of morpholine rings is 1. The number of urea groups is 1.